The van der Waals surface area contributed by atoms with E-state index in [0.717, 1.165) is 89.9 Å². The summed E-state index contributed by atoms with van der Waals surface area (Å²) in [4.78, 5) is 38.3. The highest BCUT2D eigenvalue weighted by Gasteiger charge is 2.19. The van der Waals surface area contributed by atoms with Gasteiger partial charge in [-0.05, 0) is 109 Å². The number of hydrogen-bond donors (Lipinski definition) is 0. The third-order valence-electron chi connectivity index (χ3n) is 14.2. The van der Waals surface area contributed by atoms with Gasteiger partial charge in [-0.3, -0.25) is 14.4 Å². The van der Waals surface area contributed by atoms with Crippen molar-refractivity contribution < 1.29 is 28.6 Å². The Hall–Kier alpha value is -2.89. The summed E-state index contributed by atoms with van der Waals surface area (Å²) in [5, 5.41) is 0. The summed E-state index contributed by atoms with van der Waals surface area (Å²) >= 11 is 0. The molecule has 0 aromatic rings. The van der Waals surface area contributed by atoms with E-state index in [1.54, 1.807) is 0 Å². The summed E-state index contributed by atoms with van der Waals surface area (Å²) in [5.41, 5.74) is 0. The highest BCUT2D eigenvalue weighted by Crippen LogP contribution is 2.16. The molecule has 74 heavy (non-hydrogen) atoms. The van der Waals surface area contributed by atoms with Crippen molar-refractivity contribution in [3.8, 4) is 0 Å². The van der Waals surface area contributed by atoms with Crippen LogP contribution in [0.1, 0.15) is 335 Å². The van der Waals surface area contributed by atoms with E-state index >= 15 is 0 Å². The summed E-state index contributed by atoms with van der Waals surface area (Å²) in [5.74, 6) is -0.883. The summed E-state index contributed by atoms with van der Waals surface area (Å²) in [6.45, 7) is 6.64. The van der Waals surface area contributed by atoms with E-state index < -0.39 is 6.10 Å². The Kier molecular flexibility index (Phi) is 60.2. The Morgan fingerprint density at radius 1 is 0.270 bits per heavy atom. The molecule has 6 heteroatoms. The molecule has 0 aromatic carbocycles. The van der Waals surface area contributed by atoms with Gasteiger partial charge in [-0.25, -0.2) is 0 Å². The van der Waals surface area contributed by atoms with Gasteiger partial charge in [-0.1, -0.05) is 268 Å². The van der Waals surface area contributed by atoms with Gasteiger partial charge >= 0.3 is 17.9 Å². The van der Waals surface area contributed by atoms with Crippen LogP contribution in [0.4, 0.5) is 0 Å². The van der Waals surface area contributed by atoms with Crippen molar-refractivity contribution in [1.29, 1.82) is 0 Å². The fourth-order valence-electron chi connectivity index (χ4n) is 9.32. The first-order chi connectivity index (χ1) is 36.5. The topological polar surface area (TPSA) is 78.9 Å². The predicted octanol–water partition coefficient (Wildman–Crippen LogP) is 21.9. The number of esters is 3. The lowest BCUT2D eigenvalue weighted by atomic mass is 10.0. The van der Waals surface area contributed by atoms with Gasteiger partial charge in [-0.15, -0.1) is 0 Å². The summed E-state index contributed by atoms with van der Waals surface area (Å²) in [6, 6.07) is 0. The fourth-order valence-corrected chi connectivity index (χ4v) is 9.32. The molecule has 1 atom stereocenters. The van der Waals surface area contributed by atoms with Crippen LogP contribution in [-0.4, -0.2) is 37.2 Å². The molecule has 0 radical (unpaired) electrons. The van der Waals surface area contributed by atoms with Crippen molar-refractivity contribution in [3.05, 3.63) is 60.8 Å². The summed E-state index contributed by atoms with van der Waals surface area (Å²) in [7, 11) is 0. The molecule has 0 bridgehead atoms. The van der Waals surface area contributed by atoms with Crippen LogP contribution in [-0.2, 0) is 28.6 Å². The van der Waals surface area contributed by atoms with Crippen LogP contribution < -0.4 is 0 Å². The Morgan fingerprint density at radius 2 is 0.486 bits per heavy atom. The second-order valence-electron chi connectivity index (χ2n) is 21.7. The van der Waals surface area contributed by atoms with Crippen LogP contribution in [0.15, 0.2) is 60.8 Å². The van der Waals surface area contributed by atoms with Gasteiger partial charge in [-0.2, -0.15) is 0 Å². The normalized spacial score (nSPS) is 12.4. The van der Waals surface area contributed by atoms with Crippen LogP contribution in [0.25, 0.3) is 0 Å². The Labute approximate surface area is 460 Å². The monoisotopic (exact) mass is 1030 g/mol. The van der Waals surface area contributed by atoms with Crippen LogP contribution in [0.3, 0.4) is 0 Å². The molecule has 0 aromatic heterocycles. The van der Waals surface area contributed by atoms with E-state index in [0.29, 0.717) is 19.3 Å². The maximum Gasteiger partial charge on any atom is 0.306 e. The SMILES string of the molecule is CCCCCCC/C=C\C/C=C\C/C=C\CCCCCCCCCCCCCCC(=O)OCC(COC(=O)CCCCCCC/C=C\CCCCCCC)OC(=O)CCCCCCC/C=C\CCCCCCCC. The van der Waals surface area contributed by atoms with Gasteiger partial charge in [0.1, 0.15) is 13.2 Å². The first-order valence-electron chi connectivity index (χ1n) is 32.3. The van der Waals surface area contributed by atoms with Crippen molar-refractivity contribution in [2.45, 2.75) is 341 Å². The number of allylic oxidation sites excluding steroid dienone is 10. The van der Waals surface area contributed by atoms with E-state index in [4.69, 9.17) is 14.2 Å². The molecule has 1 unspecified atom stereocenters. The third kappa shape index (κ3) is 60.0. The smallest absolute Gasteiger partial charge is 0.306 e. The summed E-state index contributed by atoms with van der Waals surface area (Å²) in [6.07, 6.45) is 79.4. The van der Waals surface area contributed by atoms with Gasteiger partial charge in [0.2, 0.25) is 0 Å². The second-order valence-corrected chi connectivity index (χ2v) is 21.7. The molecule has 0 aliphatic rings. The van der Waals surface area contributed by atoms with Crippen molar-refractivity contribution in [2.24, 2.45) is 0 Å². The molecule has 0 saturated heterocycles. The Morgan fingerprint density at radius 3 is 0.770 bits per heavy atom. The molecular weight excluding hydrogens is 913 g/mol. The van der Waals surface area contributed by atoms with Gasteiger partial charge < -0.3 is 14.2 Å². The van der Waals surface area contributed by atoms with Crippen LogP contribution in [0.5, 0.6) is 0 Å². The minimum Gasteiger partial charge on any atom is -0.462 e. The van der Waals surface area contributed by atoms with E-state index in [1.807, 2.05) is 0 Å². The molecule has 0 aliphatic heterocycles. The van der Waals surface area contributed by atoms with Crippen molar-refractivity contribution >= 4 is 17.9 Å². The lowest BCUT2D eigenvalue weighted by molar-refractivity contribution is -0.167. The van der Waals surface area contributed by atoms with Gasteiger partial charge in [0.25, 0.3) is 0 Å². The molecule has 0 spiro atoms. The average Bonchev–Trinajstić information content (AvgIpc) is 3.40. The number of rotatable bonds is 59. The zero-order valence-electron chi connectivity index (χ0n) is 49.4. The number of ether oxygens (including phenoxy) is 3. The van der Waals surface area contributed by atoms with Crippen molar-refractivity contribution in [1.82, 2.24) is 0 Å². The van der Waals surface area contributed by atoms with Crippen LogP contribution >= 0.6 is 0 Å². The first-order valence-corrected chi connectivity index (χ1v) is 32.3. The average molecular weight is 1040 g/mol. The lowest BCUT2D eigenvalue weighted by Gasteiger charge is -2.18. The molecular formula is C68H122O6. The summed E-state index contributed by atoms with van der Waals surface area (Å²) < 4.78 is 16.9. The molecule has 430 valence electrons. The maximum atomic E-state index is 12.9. The van der Waals surface area contributed by atoms with Crippen molar-refractivity contribution in [3.63, 3.8) is 0 Å². The van der Waals surface area contributed by atoms with Gasteiger partial charge in [0, 0.05) is 19.3 Å². The maximum absolute atomic E-state index is 12.9. The third-order valence-corrected chi connectivity index (χ3v) is 14.2. The zero-order valence-corrected chi connectivity index (χ0v) is 49.4. The molecule has 0 rings (SSSR count). The molecule has 0 fully saturated rings. The van der Waals surface area contributed by atoms with E-state index in [9.17, 15) is 14.4 Å². The van der Waals surface area contributed by atoms with Gasteiger partial charge in [0.05, 0.1) is 0 Å². The highest BCUT2D eigenvalue weighted by molar-refractivity contribution is 5.71. The first kappa shape index (κ1) is 71.1. The number of carbonyl (C=O) groups is 3. The molecule has 6 nitrogen and oxygen atoms in total. The number of carbonyl (C=O) groups excluding carboxylic acids is 3. The molecule has 0 amide bonds. The van der Waals surface area contributed by atoms with Crippen LogP contribution in [0.2, 0.25) is 0 Å². The fraction of sp³-hybridized carbons (Fsp3) is 0.809. The zero-order chi connectivity index (χ0) is 53.6. The largest absolute Gasteiger partial charge is 0.462 e. The predicted molar refractivity (Wildman–Crippen MR) is 321 cm³/mol. The molecule has 0 heterocycles. The highest BCUT2D eigenvalue weighted by atomic mass is 16.6. The van der Waals surface area contributed by atoms with Crippen molar-refractivity contribution in [2.75, 3.05) is 13.2 Å². The van der Waals surface area contributed by atoms with E-state index in [2.05, 4.69) is 81.5 Å². The minimum atomic E-state index is -0.782. The number of unbranched alkanes of at least 4 members (excludes halogenated alkanes) is 38. The number of hydrogen-bond acceptors (Lipinski definition) is 6. The van der Waals surface area contributed by atoms with E-state index in [-0.39, 0.29) is 31.1 Å². The lowest BCUT2D eigenvalue weighted by Crippen LogP contribution is -2.30. The molecule has 0 aliphatic carbocycles. The van der Waals surface area contributed by atoms with E-state index in [1.165, 1.54) is 205 Å². The standard InChI is InChI=1S/C68H122O6/c1-4-7-10-13-16-19-22-25-28-29-30-31-32-33-34-35-36-37-38-39-41-43-46-49-52-55-58-61-67(70)73-64-65(63-72-66(69)60-57-54-51-48-45-42-27-24-21-18-15-12-9-6-3)74-68(71)62-59-56-53-50-47-44-40-26-23-20-17-14-11-8-5-2/h22,24-27,29-30,32-33,40,65H,4-21,23,28,31,34-39,41-64H2,1-3H3/b25-22-,27-24-,30-29-,33-32-,40-26-. The second kappa shape index (κ2) is 62.6. The molecule has 0 saturated carbocycles. The minimum absolute atomic E-state index is 0.0791. The van der Waals surface area contributed by atoms with Gasteiger partial charge in [0.15, 0.2) is 6.10 Å². The quantitative estimate of drug-likeness (QED) is 0.0261. The Balaban J connectivity index is 4.26. The van der Waals surface area contributed by atoms with Crippen LogP contribution in [0, 0.1) is 0 Å². The molecule has 0 N–H and O–H groups in total. The Bertz CT molecular complexity index is 1330.